The van der Waals surface area contributed by atoms with E-state index in [0.29, 0.717) is 11.4 Å². The number of nitrogens with zero attached hydrogens (tertiary/aromatic N) is 4. The van der Waals surface area contributed by atoms with E-state index in [1.54, 1.807) is 31.2 Å². The molecule has 1 amide bonds. The number of hydrazone groups is 1. The molecule has 1 heterocycles. The number of aromatic carboxylic acids is 1. The Labute approximate surface area is 137 Å². The summed E-state index contributed by atoms with van der Waals surface area (Å²) in [5.74, 6) is -1.42. The average molecular weight is 322 g/mol. The number of rotatable bonds is 4. The molecule has 2 aromatic carbocycles. The van der Waals surface area contributed by atoms with Crippen molar-refractivity contribution in [3.8, 4) is 0 Å². The Balaban J connectivity index is 1.86. The van der Waals surface area contributed by atoms with Gasteiger partial charge in [-0.25, -0.2) is 4.79 Å². The van der Waals surface area contributed by atoms with Crippen molar-refractivity contribution in [3.63, 3.8) is 0 Å². The van der Waals surface area contributed by atoms with Crippen LogP contribution in [-0.4, -0.2) is 28.7 Å². The quantitative estimate of drug-likeness (QED) is 0.875. The third-order valence-corrected chi connectivity index (χ3v) is 3.51. The molecule has 0 fully saturated rings. The van der Waals surface area contributed by atoms with E-state index >= 15 is 0 Å². The predicted molar refractivity (Wildman–Crippen MR) is 88.7 cm³/mol. The highest BCUT2D eigenvalue weighted by atomic mass is 16.4. The van der Waals surface area contributed by atoms with Gasteiger partial charge in [-0.1, -0.05) is 30.3 Å². The number of para-hydroxylation sites is 1. The molecule has 0 saturated heterocycles. The second-order valence-corrected chi connectivity index (χ2v) is 5.17. The summed E-state index contributed by atoms with van der Waals surface area (Å²) in [6.07, 6.45) is 0. The largest absolute Gasteiger partial charge is 0.478 e. The Morgan fingerprint density at radius 3 is 2.50 bits per heavy atom. The molecule has 7 heteroatoms. The van der Waals surface area contributed by atoms with E-state index in [2.05, 4.69) is 15.3 Å². The van der Waals surface area contributed by atoms with E-state index in [-0.39, 0.29) is 17.2 Å². The first-order chi connectivity index (χ1) is 11.6. The fraction of sp³-hybridized carbons (Fsp3) is 0.118. The first-order valence-corrected chi connectivity index (χ1v) is 7.25. The lowest BCUT2D eigenvalue weighted by atomic mass is 10.2. The summed E-state index contributed by atoms with van der Waals surface area (Å²) < 4.78 is 0. The molecule has 1 aliphatic heterocycles. The van der Waals surface area contributed by atoms with Crippen LogP contribution < -0.4 is 5.01 Å². The lowest BCUT2D eigenvalue weighted by molar-refractivity contribution is -0.117. The maximum absolute atomic E-state index is 12.5. The molecule has 1 atom stereocenters. The zero-order chi connectivity index (χ0) is 17.1. The van der Waals surface area contributed by atoms with Crippen LogP contribution in [0.1, 0.15) is 17.3 Å². The minimum absolute atomic E-state index is 0.0289. The number of carboxylic acid groups (broad SMARTS) is 1. The van der Waals surface area contributed by atoms with E-state index in [9.17, 15) is 9.59 Å². The third kappa shape index (κ3) is 2.91. The van der Waals surface area contributed by atoms with E-state index in [4.69, 9.17) is 5.11 Å². The van der Waals surface area contributed by atoms with Crippen LogP contribution in [0.2, 0.25) is 0 Å². The number of hydrogen-bond acceptors (Lipinski definition) is 5. The van der Waals surface area contributed by atoms with Crippen LogP contribution >= 0.6 is 0 Å². The molecule has 0 radical (unpaired) electrons. The van der Waals surface area contributed by atoms with Crippen LogP contribution in [0.4, 0.5) is 11.4 Å². The van der Waals surface area contributed by atoms with Gasteiger partial charge in [0.25, 0.3) is 5.91 Å². The molecule has 1 N–H and O–H groups in total. The van der Waals surface area contributed by atoms with Crippen molar-refractivity contribution >= 4 is 29.0 Å². The molecule has 120 valence electrons. The number of amides is 1. The number of anilines is 1. The van der Waals surface area contributed by atoms with Gasteiger partial charge in [0, 0.05) is 0 Å². The SMILES string of the molecule is CC1=NN(c2ccccc2)C(=O)C1N=Nc1ccccc1C(=O)O. The van der Waals surface area contributed by atoms with Gasteiger partial charge >= 0.3 is 5.97 Å². The number of benzene rings is 2. The molecule has 24 heavy (non-hydrogen) atoms. The molecule has 1 unspecified atom stereocenters. The molecular weight excluding hydrogens is 308 g/mol. The molecule has 1 aliphatic rings. The maximum Gasteiger partial charge on any atom is 0.337 e. The lowest BCUT2D eigenvalue weighted by Gasteiger charge is -2.11. The van der Waals surface area contributed by atoms with Crippen molar-refractivity contribution in [1.29, 1.82) is 0 Å². The topological polar surface area (TPSA) is 94.7 Å². The van der Waals surface area contributed by atoms with E-state index in [1.165, 1.54) is 17.1 Å². The highest BCUT2D eigenvalue weighted by molar-refractivity contribution is 6.18. The van der Waals surface area contributed by atoms with Gasteiger partial charge in [0.1, 0.15) is 0 Å². The molecular formula is C17H14N4O3. The number of carboxylic acids is 1. The molecule has 2 aromatic rings. The second-order valence-electron chi connectivity index (χ2n) is 5.17. The van der Waals surface area contributed by atoms with Crippen molar-refractivity contribution in [2.75, 3.05) is 5.01 Å². The summed E-state index contributed by atoms with van der Waals surface area (Å²) in [7, 11) is 0. The van der Waals surface area contributed by atoms with Gasteiger partial charge in [0.2, 0.25) is 0 Å². The Morgan fingerprint density at radius 2 is 1.79 bits per heavy atom. The third-order valence-electron chi connectivity index (χ3n) is 3.51. The van der Waals surface area contributed by atoms with Crippen LogP contribution in [0.25, 0.3) is 0 Å². The fourth-order valence-electron chi connectivity index (χ4n) is 2.30. The van der Waals surface area contributed by atoms with E-state index in [1.807, 2.05) is 18.2 Å². The van der Waals surface area contributed by atoms with Gasteiger partial charge in [-0.05, 0) is 31.2 Å². The number of hydrogen-bond donors (Lipinski definition) is 1. The van der Waals surface area contributed by atoms with E-state index < -0.39 is 12.0 Å². The second kappa shape index (κ2) is 6.41. The normalized spacial score (nSPS) is 17.4. The molecule has 0 bridgehead atoms. The molecule has 0 aromatic heterocycles. The summed E-state index contributed by atoms with van der Waals surface area (Å²) in [5.41, 5.74) is 1.37. The van der Waals surface area contributed by atoms with Gasteiger partial charge in [-0.15, -0.1) is 0 Å². The Hall–Kier alpha value is -3.35. The van der Waals surface area contributed by atoms with E-state index in [0.717, 1.165) is 0 Å². The van der Waals surface area contributed by atoms with Crippen molar-refractivity contribution in [3.05, 3.63) is 60.2 Å². The van der Waals surface area contributed by atoms with Crippen molar-refractivity contribution in [2.45, 2.75) is 13.0 Å². The maximum atomic E-state index is 12.5. The van der Waals surface area contributed by atoms with Crippen LogP contribution in [0.15, 0.2) is 69.9 Å². The fourth-order valence-corrected chi connectivity index (χ4v) is 2.30. The highest BCUT2D eigenvalue weighted by Crippen LogP contribution is 2.24. The lowest BCUT2D eigenvalue weighted by Crippen LogP contribution is -2.29. The Bertz CT molecular complexity index is 846. The smallest absolute Gasteiger partial charge is 0.337 e. The van der Waals surface area contributed by atoms with Crippen LogP contribution in [0, 0.1) is 0 Å². The zero-order valence-corrected chi connectivity index (χ0v) is 12.8. The van der Waals surface area contributed by atoms with Crippen LogP contribution in [-0.2, 0) is 4.79 Å². The molecule has 0 spiro atoms. The molecule has 7 nitrogen and oxygen atoms in total. The minimum atomic E-state index is -1.10. The summed E-state index contributed by atoms with van der Waals surface area (Å²) in [4.78, 5) is 23.7. The first-order valence-electron chi connectivity index (χ1n) is 7.25. The van der Waals surface area contributed by atoms with Crippen molar-refractivity contribution < 1.29 is 14.7 Å². The number of azo groups is 1. The first kappa shape index (κ1) is 15.5. The van der Waals surface area contributed by atoms with Gasteiger partial charge in [-0.2, -0.15) is 20.3 Å². The predicted octanol–water partition coefficient (Wildman–Crippen LogP) is 3.26. The van der Waals surface area contributed by atoms with Gasteiger partial charge < -0.3 is 5.11 Å². The Morgan fingerprint density at radius 1 is 1.12 bits per heavy atom. The summed E-state index contributed by atoms with van der Waals surface area (Å²) in [6.45, 7) is 1.69. The van der Waals surface area contributed by atoms with Gasteiger partial charge in [0.15, 0.2) is 6.04 Å². The number of carbonyl (C=O) groups is 2. The van der Waals surface area contributed by atoms with Crippen molar-refractivity contribution in [2.24, 2.45) is 15.3 Å². The summed E-state index contributed by atoms with van der Waals surface area (Å²) in [5, 5.41) is 22.6. The monoisotopic (exact) mass is 322 g/mol. The van der Waals surface area contributed by atoms with Crippen molar-refractivity contribution in [1.82, 2.24) is 0 Å². The molecule has 0 saturated carbocycles. The molecule has 0 aliphatic carbocycles. The minimum Gasteiger partial charge on any atom is -0.478 e. The average Bonchev–Trinajstić information content (AvgIpc) is 2.88. The van der Waals surface area contributed by atoms with Gasteiger partial charge in [0.05, 0.1) is 22.6 Å². The van der Waals surface area contributed by atoms with Crippen LogP contribution in [0.5, 0.6) is 0 Å². The van der Waals surface area contributed by atoms with Crippen LogP contribution in [0.3, 0.4) is 0 Å². The zero-order valence-electron chi connectivity index (χ0n) is 12.8. The standard InChI is InChI=1S/C17H14N4O3/c1-11-15(16(22)21(20-11)12-7-3-2-4-8-12)19-18-14-10-6-5-9-13(14)17(23)24/h2-10,15H,1H3,(H,23,24). The summed E-state index contributed by atoms with van der Waals surface area (Å²) >= 11 is 0. The Kier molecular flexibility index (Phi) is 4.15. The highest BCUT2D eigenvalue weighted by Gasteiger charge is 2.34. The van der Waals surface area contributed by atoms with Gasteiger partial charge in [-0.3, -0.25) is 4.79 Å². The molecule has 3 rings (SSSR count). The number of carbonyl (C=O) groups excluding carboxylic acids is 1. The summed E-state index contributed by atoms with van der Waals surface area (Å²) in [6, 6.07) is 14.4.